The van der Waals surface area contributed by atoms with Gasteiger partial charge in [-0.2, -0.15) is 0 Å². The van der Waals surface area contributed by atoms with E-state index in [2.05, 4.69) is 17.1 Å². The minimum absolute atomic E-state index is 0.148. The fraction of sp³-hybridized carbons (Fsp3) is 0.917. The number of rotatable bonds is 2. The number of hydrogen-bond acceptors (Lipinski definition) is 2. The van der Waals surface area contributed by atoms with E-state index in [9.17, 15) is 4.79 Å². The second kappa shape index (κ2) is 2.97. The van der Waals surface area contributed by atoms with Crippen LogP contribution < -0.4 is 5.32 Å². The molecular weight excluding hydrogens is 188 g/mol. The van der Waals surface area contributed by atoms with E-state index in [-0.39, 0.29) is 5.54 Å². The highest BCUT2D eigenvalue weighted by atomic mass is 16.2. The van der Waals surface area contributed by atoms with E-state index in [4.69, 9.17) is 0 Å². The van der Waals surface area contributed by atoms with Gasteiger partial charge < -0.3 is 4.90 Å². The van der Waals surface area contributed by atoms with Gasteiger partial charge in [0.1, 0.15) is 0 Å². The van der Waals surface area contributed by atoms with Gasteiger partial charge in [-0.05, 0) is 31.1 Å². The lowest BCUT2D eigenvalue weighted by atomic mass is 9.97. The minimum atomic E-state index is -0.148. The maximum absolute atomic E-state index is 12.3. The number of nitrogens with one attached hydrogen (secondary N) is 1. The van der Waals surface area contributed by atoms with Crippen LogP contribution in [0.15, 0.2) is 0 Å². The molecule has 1 spiro atoms. The summed E-state index contributed by atoms with van der Waals surface area (Å²) in [6, 6.07) is 0. The molecule has 1 heterocycles. The Balaban J connectivity index is 1.70. The number of nitrogens with zero attached hydrogens (tertiary/aromatic N) is 1. The molecule has 84 valence electrons. The third-order valence-corrected chi connectivity index (χ3v) is 4.44. The van der Waals surface area contributed by atoms with Crippen molar-refractivity contribution in [3.8, 4) is 0 Å². The first-order valence-corrected chi connectivity index (χ1v) is 6.18. The Morgan fingerprint density at radius 3 is 2.53 bits per heavy atom. The average Bonchev–Trinajstić information content (AvgIpc) is 2.67. The number of carbonyl (C=O) groups excluding carboxylic acids is 1. The van der Waals surface area contributed by atoms with Crippen LogP contribution >= 0.6 is 0 Å². The van der Waals surface area contributed by atoms with Gasteiger partial charge in [-0.25, -0.2) is 0 Å². The predicted octanol–water partition coefficient (Wildman–Crippen LogP) is 1.49. The first-order chi connectivity index (χ1) is 7.14. The highest BCUT2D eigenvalue weighted by molar-refractivity contribution is 5.88. The van der Waals surface area contributed by atoms with Gasteiger partial charge in [-0.15, -0.1) is 0 Å². The Morgan fingerprint density at radius 2 is 1.93 bits per heavy atom. The molecule has 3 rings (SSSR count). The molecular formula is C12H20N2O. The summed E-state index contributed by atoms with van der Waals surface area (Å²) in [6.45, 7) is 4.05. The first-order valence-electron chi connectivity index (χ1n) is 6.18. The molecule has 3 heteroatoms. The van der Waals surface area contributed by atoms with Crippen LogP contribution in [0.5, 0.6) is 0 Å². The molecule has 3 nitrogen and oxygen atoms in total. The molecule has 15 heavy (non-hydrogen) atoms. The maximum Gasteiger partial charge on any atom is 0.243 e. The summed E-state index contributed by atoms with van der Waals surface area (Å²) in [6.07, 6.45) is 7.12. The topological polar surface area (TPSA) is 32.3 Å². The molecule has 0 radical (unpaired) electrons. The predicted molar refractivity (Wildman–Crippen MR) is 58.3 cm³/mol. The summed E-state index contributed by atoms with van der Waals surface area (Å²) < 4.78 is 0. The smallest absolute Gasteiger partial charge is 0.243 e. The molecule has 2 aliphatic carbocycles. The lowest BCUT2D eigenvalue weighted by Crippen LogP contribution is -2.44. The molecule has 1 N–H and O–H groups in total. The Morgan fingerprint density at radius 1 is 1.27 bits per heavy atom. The van der Waals surface area contributed by atoms with Crippen LogP contribution in [0.2, 0.25) is 0 Å². The molecule has 0 bridgehead atoms. The van der Waals surface area contributed by atoms with Gasteiger partial charge in [0.25, 0.3) is 0 Å². The second-order valence-electron chi connectivity index (χ2n) is 5.94. The summed E-state index contributed by atoms with van der Waals surface area (Å²) in [4.78, 5) is 14.4. The molecule has 1 saturated heterocycles. The number of hydrogen-bond donors (Lipinski definition) is 1. The fourth-order valence-corrected chi connectivity index (χ4v) is 3.03. The molecule has 0 unspecified atom stereocenters. The van der Waals surface area contributed by atoms with E-state index < -0.39 is 0 Å². The van der Waals surface area contributed by atoms with Crippen LogP contribution in [0.3, 0.4) is 0 Å². The van der Waals surface area contributed by atoms with Gasteiger partial charge in [-0.3, -0.25) is 10.1 Å². The minimum Gasteiger partial charge on any atom is -0.328 e. The molecule has 3 fully saturated rings. The van der Waals surface area contributed by atoms with Crippen molar-refractivity contribution in [2.75, 3.05) is 13.2 Å². The lowest BCUT2D eigenvalue weighted by Gasteiger charge is -2.23. The van der Waals surface area contributed by atoms with Gasteiger partial charge in [0.15, 0.2) is 0 Å². The van der Waals surface area contributed by atoms with Gasteiger partial charge in [0.05, 0.1) is 12.2 Å². The molecule has 3 aliphatic rings. The number of carbonyl (C=O) groups is 1. The van der Waals surface area contributed by atoms with E-state index in [0.29, 0.717) is 11.3 Å². The molecule has 0 aromatic rings. The normalized spacial score (nSPS) is 31.5. The third-order valence-electron chi connectivity index (χ3n) is 4.44. The Hall–Kier alpha value is -0.570. The molecule has 0 atom stereocenters. The monoisotopic (exact) mass is 208 g/mol. The van der Waals surface area contributed by atoms with Crippen molar-refractivity contribution >= 4 is 5.91 Å². The van der Waals surface area contributed by atoms with Crippen molar-refractivity contribution in [3.63, 3.8) is 0 Å². The molecule has 0 aromatic carbocycles. The van der Waals surface area contributed by atoms with Crippen LogP contribution in [-0.2, 0) is 4.79 Å². The molecule has 0 aromatic heterocycles. The van der Waals surface area contributed by atoms with Crippen molar-refractivity contribution in [2.24, 2.45) is 5.41 Å². The molecule has 1 amide bonds. The van der Waals surface area contributed by atoms with Crippen LogP contribution in [0.4, 0.5) is 0 Å². The Bertz CT molecular complexity index is 290. The number of amides is 1. The van der Waals surface area contributed by atoms with E-state index in [1.165, 1.54) is 25.7 Å². The van der Waals surface area contributed by atoms with Crippen LogP contribution in [0.1, 0.15) is 45.4 Å². The van der Waals surface area contributed by atoms with Gasteiger partial charge >= 0.3 is 0 Å². The summed E-state index contributed by atoms with van der Waals surface area (Å²) in [5.41, 5.74) is 0.298. The zero-order valence-electron chi connectivity index (χ0n) is 9.51. The van der Waals surface area contributed by atoms with E-state index in [1.807, 2.05) is 0 Å². The van der Waals surface area contributed by atoms with Crippen LogP contribution in [0, 0.1) is 5.41 Å². The van der Waals surface area contributed by atoms with Gasteiger partial charge in [-0.1, -0.05) is 19.8 Å². The van der Waals surface area contributed by atoms with Crippen LogP contribution in [-0.4, -0.2) is 29.6 Å². The third kappa shape index (κ3) is 1.48. The lowest BCUT2D eigenvalue weighted by molar-refractivity contribution is -0.132. The maximum atomic E-state index is 12.3. The summed E-state index contributed by atoms with van der Waals surface area (Å²) in [7, 11) is 0. The largest absolute Gasteiger partial charge is 0.328 e. The van der Waals surface area contributed by atoms with E-state index >= 15 is 0 Å². The van der Waals surface area contributed by atoms with Crippen molar-refractivity contribution in [1.29, 1.82) is 0 Å². The standard InChI is InChI=1S/C12H20N2O/c1-11(6-7-11)8-14-9-13-12(10(14)15)4-2-3-5-12/h13H,2-9H2,1H3. The average molecular weight is 208 g/mol. The second-order valence-corrected chi connectivity index (χ2v) is 5.94. The Labute approximate surface area is 91.2 Å². The van der Waals surface area contributed by atoms with Crippen LogP contribution in [0.25, 0.3) is 0 Å². The zero-order valence-corrected chi connectivity index (χ0v) is 9.51. The van der Waals surface area contributed by atoms with E-state index in [1.54, 1.807) is 0 Å². The van der Waals surface area contributed by atoms with E-state index in [0.717, 1.165) is 26.1 Å². The summed E-state index contributed by atoms with van der Waals surface area (Å²) in [5, 5.41) is 3.46. The summed E-state index contributed by atoms with van der Waals surface area (Å²) in [5.74, 6) is 0.383. The Kier molecular flexibility index (Phi) is 1.91. The summed E-state index contributed by atoms with van der Waals surface area (Å²) >= 11 is 0. The van der Waals surface area contributed by atoms with Crippen molar-refractivity contribution in [2.45, 2.75) is 51.0 Å². The highest BCUT2D eigenvalue weighted by Gasteiger charge is 2.50. The van der Waals surface area contributed by atoms with Gasteiger partial charge in [0.2, 0.25) is 5.91 Å². The van der Waals surface area contributed by atoms with Crippen molar-refractivity contribution in [1.82, 2.24) is 10.2 Å². The highest BCUT2D eigenvalue weighted by Crippen LogP contribution is 2.46. The van der Waals surface area contributed by atoms with Gasteiger partial charge in [0, 0.05) is 6.54 Å². The molecule has 2 saturated carbocycles. The SMILES string of the molecule is CC1(CN2CNC3(CCCC3)C2=O)CC1. The van der Waals surface area contributed by atoms with Crippen molar-refractivity contribution < 1.29 is 4.79 Å². The fourth-order valence-electron chi connectivity index (χ4n) is 3.03. The zero-order chi connectivity index (χ0) is 10.5. The first kappa shape index (κ1) is 9.64. The molecule has 1 aliphatic heterocycles. The quantitative estimate of drug-likeness (QED) is 0.745. The van der Waals surface area contributed by atoms with Crippen molar-refractivity contribution in [3.05, 3.63) is 0 Å².